The van der Waals surface area contributed by atoms with Crippen molar-refractivity contribution >= 4 is 31.9 Å². The third-order valence-electron chi connectivity index (χ3n) is 3.29. The number of hydrogen-bond donors (Lipinski definition) is 0. The van der Waals surface area contributed by atoms with Crippen LogP contribution in [0.4, 0.5) is 0 Å². The summed E-state index contributed by atoms with van der Waals surface area (Å²) in [4.78, 5) is 0.432. The number of alkyl halides is 1. The summed E-state index contributed by atoms with van der Waals surface area (Å²) in [5.41, 5.74) is 3.70. The molecule has 0 aliphatic heterocycles. The molecule has 0 N–H and O–H groups in total. The first-order valence-electron chi connectivity index (χ1n) is 6.46. The summed E-state index contributed by atoms with van der Waals surface area (Å²) in [6.45, 7) is 2.03. The van der Waals surface area contributed by atoms with Crippen LogP contribution in [0.5, 0.6) is 0 Å². The van der Waals surface area contributed by atoms with Crippen molar-refractivity contribution in [3.63, 3.8) is 0 Å². The summed E-state index contributed by atoms with van der Waals surface area (Å²) in [6.07, 6.45) is 3.32. The van der Waals surface area contributed by atoms with Gasteiger partial charge in [-0.05, 0) is 47.7 Å². The van der Waals surface area contributed by atoms with E-state index < -0.39 is 0 Å². The van der Waals surface area contributed by atoms with Gasteiger partial charge in [-0.25, -0.2) is 0 Å². The van der Waals surface area contributed by atoms with E-state index in [0.717, 1.165) is 29.4 Å². The zero-order valence-corrected chi connectivity index (χ0v) is 14.4. The quantitative estimate of drug-likeness (QED) is 0.665. The molecule has 2 aromatic rings. The van der Waals surface area contributed by atoms with Crippen LogP contribution in [-0.2, 0) is 13.5 Å². The molecule has 0 spiro atoms. The van der Waals surface area contributed by atoms with E-state index in [0.29, 0.717) is 4.83 Å². The minimum atomic E-state index is 0.432. The third-order valence-corrected chi connectivity index (χ3v) is 5.31. The summed E-state index contributed by atoms with van der Waals surface area (Å²) in [6, 6.07) is 10.6. The first-order chi connectivity index (χ1) is 9.09. The number of rotatable bonds is 5. The number of halogens is 2. The number of benzene rings is 1. The molecule has 102 valence electrons. The first-order valence-corrected chi connectivity index (χ1v) is 8.17. The maximum Gasteiger partial charge on any atom is 0.0738 e. The maximum atomic E-state index is 4.42. The van der Waals surface area contributed by atoms with Gasteiger partial charge in [-0.1, -0.05) is 46.3 Å². The highest BCUT2D eigenvalue weighted by Crippen LogP contribution is 2.29. The van der Waals surface area contributed by atoms with E-state index in [1.165, 1.54) is 11.3 Å². The lowest BCUT2D eigenvalue weighted by atomic mass is 10.1. The van der Waals surface area contributed by atoms with Crippen molar-refractivity contribution in [3.05, 3.63) is 51.8 Å². The summed E-state index contributed by atoms with van der Waals surface area (Å²) in [5, 5.41) is 4.42. The third kappa shape index (κ3) is 3.69. The molecule has 1 unspecified atom stereocenters. The Hall–Kier alpha value is -0.610. The van der Waals surface area contributed by atoms with Gasteiger partial charge >= 0.3 is 0 Å². The van der Waals surface area contributed by atoms with Crippen LogP contribution in [0.2, 0.25) is 0 Å². The SMILES string of the molecule is Cc1nn(C)c(CCCC(Br)c2ccccc2)c1Br. The summed E-state index contributed by atoms with van der Waals surface area (Å²) in [7, 11) is 2.01. The van der Waals surface area contributed by atoms with Crippen LogP contribution in [-0.4, -0.2) is 9.78 Å². The van der Waals surface area contributed by atoms with Gasteiger partial charge in [-0.15, -0.1) is 0 Å². The Balaban J connectivity index is 1.90. The summed E-state index contributed by atoms with van der Waals surface area (Å²) in [5.74, 6) is 0. The topological polar surface area (TPSA) is 17.8 Å². The van der Waals surface area contributed by atoms with Gasteiger partial charge in [0.05, 0.1) is 15.9 Å². The second kappa shape index (κ2) is 6.71. The van der Waals surface area contributed by atoms with E-state index in [4.69, 9.17) is 0 Å². The Bertz CT molecular complexity index is 535. The largest absolute Gasteiger partial charge is 0.271 e. The Morgan fingerprint density at radius 1 is 1.26 bits per heavy atom. The molecule has 0 radical (unpaired) electrons. The van der Waals surface area contributed by atoms with Crippen molar-refractivity contribution in [1.82, 2.24) is 9.78 Å². The van der Waals surface area contributed by atoms with Crippen LogP contribution in [0.3, 0.4) is 0 Å². The minimum Gasteiger partial charge on any atom is -0.271 e. The molecule has 1 atom stereocenters. The van der Waals surface area contributed by atoms with Crippen LogP contribution >= 0.6 is 31.9 Å². The molecule has 1 aromatic heterocycles. The highest BCUT2D eigenvalue weighted by Gasteiger charge is 2.12. The Kier molecular flexibility index (Phi) is 5.22. The average molecular weight is 386 g/mol. The molecular formula is C15H18Br2N2. The molecule has 2 rings (SSSR count). The molecule has 0 aliphatic rings. The van der Waals surface area contributed by atoms with Gasteiger partial charge in [0.1, 0.15) is 0 Å². The molecular weight excluding hydrogens is 368 g/mol. The van der Waals surface area contributed by atoms with Gasteiger partial charge in [0.15, 0.2) is 0 Å². The molecule has 19 heavy (non-hydrogen) atoms. The fraction of sp³-hybridized carbons (Fsp3) is 0.400. The van der Waals surface area contributed by atoms with Crippen molar-refractivity contribution < 1.29 is 0 Å². The normalized spacial score (nSPS) is 12.6. The molecule has 1 heterocycles. The summed E-state index contributed by atoms with van der Waals surface area (Å²) >= 11 is 7.39. The Labute approximate surface area is 131 Å². The fourth-order valence-corrected chi connectivity index (χ4v) is 3.39. The minimum absolute atomic E-state index is 0.432. The predicted octanol–water partition coefficient (Wildman–Crippen LogP) is 4.95. The van der Waals surface area contributed by atoms with Crippen molar-refractivity contribution in [2.45, 2.75) is 31.0 Å². The molecule has 0 saturated heterocycles. The average Bonchev–Trinajstić information content (AvgIpc) is 2.66. The van der Waals surface area contributed by atoms with Crippen molar-refractivity contribution in [2.24, 2.45) is 7.05 Å². The number of aromatic nitrogens is 2. The molecule has 2 nitrogen and oxygen atoms in total. The van der Waals surface area contributed by atoms with E-state index in [2.05, 4.69) is 67.3 Å². The Morgan fingerprint density at radius 2 is 1.95 bits per heavy atom. The summed E-state index contributed by atoms with van der Waals surface area (Å²) < 4.78 is 3.13. The van der Waals surface area contributed by atoms with Gasteiger partial charge < -0.3 is 0 Å². The zero-order valence-electron chi connectivity index (χ0n) is 11.2. The zero-order chi connectivity index (χ0) is 13.8. The van der Waals surface area contributed by atoms with Gasteiger partial charge in [0.25, 0.3) is 0 Å². The molecule has 0 bridgehead atoms. The maximum absolute atomic E-state index is 4.42. The standard InChI is InChI=1S/C15H18Br2N2/c1-11-15(17)14(19(2)18-11)10-6-9-13(16)12-7-4-3-5-8-12/h3-5,7-8,13H,6,9-10H2,1-2H3. The highest BCUT2D eigenvalue weighted by molar-refractivity contribution is 9.10. The van der Waals surface area contributed by atoms with Crippen LogP contribution < -0.4 is 0 Å². The van der Waals surface area contributed by atoms with Crippen LogP contribution in [0, 0.1) is 6.92 Å². The Morgan fingerprint density at radius 3 is 2.53 bits per heavy atom. The van der Waals surface area contributed by atoms with Crippen molar-refractivity contribution in [3.8, 4) is 0 Å². The smallest absolute Gasteiger partial charge is 0.0738 e. The molecule has 0 saturated carbocycles. The fourth-order valence-electron chi connectivity index (χ4n) is 2.23. The van der Waals surface area contributed by atoms with Gasteiger partial charge in [-0.3, -0.25) is 4.68 Å². The van der Waals surface area contributed by atoms with Gasteiger partial charge in [-0.2, -0.15) is 5.10 Å². The molecule has 4 heteroatoms. The second-order valence-electron chi connectivity index (χ2n) is 4.74. The molecule has 0 amide bonds. The lowest BCUT2D eigenvalue weighted by Gasteiger charge is -2.10. The molecule has 0 aliphatic carbocycles. The lowest BCUT2D eigenvalue weighted by Crippen LogP contribution is -2.00. The van der Waals surface area contributed by atoms with Crippen LogP contribution in [0.15, 0.2) is 34.8 Å². The lowest BCUT2D eigenvalue weighted by molar-refractivity contribution is 0.654. The van der Waals surface area contributed by atoms with Crippen molar-refractivity contribution in [2.75, 3.05) is 0 Å². The predicted molar refractivity (Wildman–Crippen MR) is 86.7 cm³/mol. The van der Waals surface area contributed by atoms with Gasteiger partial charge in [0, 0.05) is 11.9 Å². The molecule has 0 fully saturated rings. The van der Waals surface area contributed by atoms with Crippen LogP contribution in [0.1, 0.15) is 34.6 Å². The van der Waals surface area contributed by atoms with E-state index >= 15 is 0 Å². The molecule has 1 aromatic carbocycles. The van der Waals surface area contributed by atoms with E-state index in [9.17, 15) is 0 Å². The van der Waals surface area contributed by atoms with Crippen molar-refractivity contribution in [1.29, 1.82) is 0 Å². The highest BCUT2D eigenvalue weighted by atomic mass is 79.9. The number of nitrogens with zero attached hydrogens (tertiary/aromatic N) is 2. The van der Waals surface area contributed by atoms with E-state index in [1.807, 2.05) is 18.7 Å². The first kappa shape index (κ1) is 14.8. The number of hydrogen-bond acceptors (Lipinski definition) is 1. The second-order valence-corrected chi connectivity index (χ2v) is 6.64. The van der Waals surface area contributed by atoms with E-state index in [-0.39, 0.29) is 0 Å². The van der Waals surface area contributed by atoms with Crippen LogP contribution in [0.25, 0.3) is 0 Å². The number of aryl methyl sites for hydroxylation is 2. The van der Waals surface area contributed by atoms with E-state index in [1.54, 1.807) is 0 Å². The van der Waals surface area contributed by atoms with Gasteiger partial charge in [0.2, 0.25) is 0 Å². The monoisotopic (exact) mass is 384 g/mol.